The average molecular weight is 316 g/mol. The van der Waals surface area contributed by atoms with E-state index in [0.29, 0.717) is 12.6 Å². The lowest BCUT2D eigenvalue weighted by atomic mass is 10.0. The molecule has 126 valence electrons. The van der Waals surface area contributed by atoms with Gasteiger partial charge in [0.2, 0.25) is 0 Å². The van der Waals surface area contributed by atoms with Crippen molar-refractivity contribution in [3.05, 3.63) is 30.1 Å². The molecule has 0 aromatic carbocycles. The Balaban J connectivity index is 1.32. The number of carbonyl (C=O) groups excluding carboxylic acids is 1. The molecule has 0 radical (unpaired) electrons. The van der Waals surface area contributed by atoms with Crippen LogP contribution in [0.15, 0.2) is 24.4 Å². The fourth-order valence-electron chi connectivity index (χ4n) is 3.73. The predicted octanol–water partition coefficient (Wildman–Crippen LogP) is 2.54. The van der Waals surface area contributed by atoms with Crippen LogP contribution in [0.25, 0.3) is 0 Å². The van der Waals surface area contributed by atoms with Crippen molar-refractivity contribution in [1.82, 2.24) is 20.5 Å². The predicted molar refractivity (Wildman–Crippen MR) is 91.0 cm³/mol. The van der Waals surface area contributed by atoms with Gasteiger partial charge in [-0.3, -0.25) is 4.98 Å². The van der Waals surface area contributed by atoms with Gasteiger partial charge < -0.3 is 15.5 Å². The summed E-state index contributed by atoms with van der Waals surface area (Å²) in [6, 6.07) is 5.95. The number of carbonyl (C=O) groups is 1. The van der Waals surface area contributed by atoms with Crippen molar-refractivity contribution in [2.24, 2.45) is 5.92 Å². The van der Waals surface area contributed by atoms with Crippen LogP contribution in [-0.2, 0) is 6.54 Å². The summed E-state index contributed by atoms with van der Waals surface area (Å²) in [7, 11) is 0. The van der Waals surface area contributed by atoms with E-state index in [4.69, 9.17) is 0 Å². The van der Waals surface area contributed by atoms with Crippen LogP contribution in [-0.4, -0.2) is 41.6 Å². The highest BCUT2D eigenvalue weighted by molar-refractivity contribution is 5.74. The Hall–Kier alpha value is -1.62. The Morgan fingerprint density at radius 3 is 2.65 bits per heavy atom. The molecule has 2 N–H and O–H groups in total. The summed E-state index contributed by atoms with van der Waals surface area (Å²) in [5, 5.41) is 5.99. The van der Waals surface area contributed by atoms with Gasteiger partial charge in [0.15, 0.2) is 0 Å². The van der Waals surface area contributed by atoms with Crippen molar-refractivity contribution in [2.75, 3.05) is 19.6 Å². The first-order valence-corrected chi connectivity index (χ1v) is 8.96. The van der Waals surface area contributed by atoms with E-state index < -0.39 is 0 Å². The summed E-state index contributed by atoms with van der Waals surface area (Å²) in [5.41, 5.74) is 0.883. The van der Waals surface area contributed by atoms with Crippen LogP contribution in [0.3, 0.4) is 0 Å². The van der Waals surface area contributed by atoms with E-state index >= 15 is 0 Å². The number of nitrogens with zero attached hydrogens (tertiary/aromatic N) is 2. The number of aromatic nitrogens is 1. The number of rotatable bonds is 5. The monoisotopic (exact) mass is 316 g/mol. The van der Waals surface area contributed by atoms with Gasteiger partial charge in [-0.05, 0) is 43.7 Å². The molecule has 1 aromatic rings. The fraction of sp³-hybridized carbons (Fsp3) is 0.667. The zero-order chi connectivity index (χ0) is 15.9. The quantitative estimate of drug-likeness (QED) is 0.877. The number of likely N-dealkylation sites (tertiary alicyclic amines) is 1. The SMILES string of the molecule is O=C(NCc1ccccn1)NC1CCN(CC2CCCC2)CC1. The van der Waals surface area contributed by atoms with Crippen LogP contribution in [0.4, 0.5) is 4.79 Å². The minimum Gasteiger partial charge on any atom is -0.335 e. The molecule has 5 nitrogen and oxygen atoms in total. The Morgan fingerprint density at radius 1 is 1.17 bits per heavy atom. The van der Waals surface area contributed by atoms with Crippen LogP contribution in [0.2, 0.25) is 0 Å². The molecule has 0 unspecified atom stereocenters. The van der Waals surface area contributed by atoms with Crippen molar-refractivity contribution >= 4 is 6.03 Å². The number of hydrogen-bond donors (Lipinski definition) is 2. The maximum atomic E-state index is 12.0. The minimum absolute atomic E-state index is 0.0788. The molecule has 2 aliphatic rings. The molecule has 1 saturated heterocycles. The molecule has 0 spiro atoms. The van der Waals surface area contributed by atoms with Crippen molar-refractivity contribution in [1.29, 1.82) is 0 Å². The van der Waals surface area contributed by atoms with Crippen LogP contribution in [0.5, 0.6) is 0 Å². The number of piperidine rings is 1. The molecule has 2 heterocycles. The van der Waals surface area contributed by atoms with E-state index in [0.717, 1.165) is 37.5 Å². The minimum atomic E-state index is -0.0788. The molecular weight excluding hydrogens is 288 g/mol. The van der Waals surface area contributed by atoms with Gasteiger partial charge in [0.05, 0.1) is 12.2 Å². The summed E-state index contributed by atoms with van der Waals surface area (Å²) in [6.45, 7) is 3.97. The van der Waals surface area contributed by atoms with Gasteiger partial charge in [-0.1, -0.05) is 18.9 Å². The van der Waals surface area contributed by atoms with Crippen LogP contribution < -0.4 is 10.6 Å². The Labute approximate surface area is 138 Å². The molecule has 1 aliphatic heterocycles. The van der Waals surface area contributed by atoms with Gasteiger partial charge in [-0.15, -0.1) is 0 Å². The van der Waals surface area contributed by atoms with Gasteiger partial charge in [0.1, 0.15) is 0 Å². The Bertz CT molecular complexity index is 479. The molecule has 5 heteroatoms. The number of amides is 2. The lowest BCUT2D eigenvalue weighted by Crippen LogP contribution is -2.48. The van der Waals surface area contributed by atoms with Crippen molar-refractivity contribution in [3.63, 3.8) is 0 Å². The lowest BCUT2D eigenvalue weighted by molar-refractivity contribution is 0.171. The van der Waals surface area contributed by atoms with E-state index in [-0.39, 0.29) is 6.03 Å². The highest BCUT2D eigenvalue weighted by Crippen LogP contribution is 2.26. The number of nitrogens with one attached hydrogen (secondary N) is 2. The number of pyridine rings is 1. The van der Waals surface area contributed by atoms with Gasteiger partial charge in [0.25, 0.3) is 0 Å². The highest BCUT2D eigenvalue weighted by Gasteiger charge is 2.24. The van der Waals surface area contributed by atoms with E-state index in [9.17, 15) is 4.79 Å². The van der Waals surface area contributed by atoms with Crippen LogP contribution in [0, 0.1) is 5.92 Å². The zero-order valence-electron chi connectivity index (χ0n) is 13.8. The maximum Gasteiger partial charge on any atom is 0.315 e. The summed E-state index contributed by atoms with van der Waals surface area (Å²) >= 11 is 0. The molecule has 1 aromatic heterocycles. The lowest BCUT2D eigenvalue weighted by Gasteiger charge is -2.33. The third kappa shape index (κ3) is 5.20. The van der Waals surface area contributed by atoms with E-state index in [1.807, 2.05) is 18.2 Å². The summed E-state index contributed by atoms with van der Waals surface area (Å²) in [5.74, 6) is 0.918. The average Bonchev–Trinajstić information content (AvgIpc) is 3.09. The first-order chi connectivity index (χ1) is 11.3. The second kappa shape index (κ2) is 8.29. The van der Waals surface area contributed by atoms with Crippen molar-refractivity contribution in [2.45, 2.75) is 51.1 Å². The first kappa shape index (κ1) is 16.2. The van der Waals surface area contributed by atoms with Gasteiger partial charge in [-0.2, -0.15) is 0 Å². The van der Waals surface area contributed by atoms with E-state index in [2.05, 4.69) is 20.5 Å². The smallest absolute Gasteiger partial charge is 0.315 e. The first-order valence-electron chi connectivity index (χ1n) is 8.96. The molecule has 2 amide bonds. The normalized spacial score (nSPS) is 20.5. The molecule has 2 fully saturated rings. The van der Waals surface area contributed by atoms with Crippen LogP contribution in [0.1, 0.15) is 44.2 Å². The maximum absolute atomic E-state index is 12.0. The second-order valence-corrected chi connectivity index (χ2v) is 6.87. The summed E-state index contributed by atoms with van der Waals surface area (Å²) in [6.07, 6.45) is 9.52. The summed E-state index contributed by atoms with van der Waals surface area (Å²) < 4.78 is 0. The molecule has 0 atom stereocenters. The molecule has 23 heavy (non-hydrogen) atoms. The highest BCUT2D eigenvalue weighted by atomic mass is 16.2. The fourth-order valence-corrected chi connectivity index (χ4v) is 3.73. The summed E-state index contributed by atoms with van der Waals surface area (Å²) in [4.78, 5) is 18.8. The standard InChI is InChI=1S/C18H28N4O/c23-18(20-13-17-7-3-4-10-19-17)21-16-8-11-22(12-9-16)14-15-5-1-2-6-15/h3-4,7,10,15-16H,1-2,5-6,8-9,11-14H2,(H2,20,21,23). The molecule has 1 saturated carbocycles. The topological polar surface area (TPSA) is 57.3 Å². The Kier molecular flexibility index (Phi) is 5.86. The molecular formula is C18H28N4O. The zero-order valence-corrected chi connectivity index (χ0v) is 13.8. The van der Waals surface area contributed by atoms with Gasteiger partial charge in [0, 0.05) is 31.9 Å². The number of hydrogen-bond acceptors (Lipinski definition) is 3. The van der Waals surface area contributed by atoms with Gasteiger partial charge in [-0.25, -0.2) is 4.79 Å². The van der Waals surface area contributed by atoms with E-state index in [1.165, 1.54) is 32.2 Å². The van der Waals surface area contributed by atoms with E-state index in [1.54, 1.807) is 6.20 Å². The van der Waals surface area contributed by atoms with Crippen LogP contribution >= 0.6 is 0 Å². The van der Waals surface area contributed by atoms with Crippen molar-refractivity contribution < 1.29 is 4.79 Å². The molecule has 3 rings (SSSR count). The molecule has 1 aliphatic carbocycles. The largest absolute Gasteiger partial charge is 0.335 e. The van der Waals surface area contributed by atoms with Crippen molar-refractivity contribution in [3.8, 4) is 0 Å². The Morgan fingerprint density at radius 2 is 1.96 bits per heavy atom. The number of urea groups is 1. The van der Waals surface area contributed by atoms with Gasteiger partial charge >= 0.3 is 6.03 Å². The third-order valence-electron chi connectivity index (χ3n) is 5.07. The molecule has 0 bridgehead atoms. The third-order valence-corrected chi connectivity index (χ3v) is 5.07. The second-order valence-electron chi connectivity index (χ2n) is 6.87.